The van der Waals surface area contributed by atoms with Gasteiger partial charge >= 0.3 is 12.1 Å². The van der Waals surface area contributed by atoms with Crippen LogP contribution in [0.5, 0.6) is 0 Å². The number of alkyl halides is 3. The summed E-state index contributed by atoms with van der Waals surface area (Å²) in [6.45, 7) is 9.34. The highest BCUT2D eigenvalue weighted by Crippen LogP contribution is 2.32. The molecule has 11 heteroatoms. The zero-order valence-corrected chi connectivity index (χ0v) is 21.9. The van der Waals surface area contributed by atoms with Gasteiger partial charge < -0.3 is 28.7 Å². The summed E-state index contributed by atoms with van der Waals surface area (Å²) in [5.41, 5.74) is -0.0362. The second-order valence-corrected chi connectivity index (χ2v) is 13.2. The number of nitrogens with one attached hydrogen (secondary N) is 1. The molecule has 0 atom stereocenters. The molecule has 1 N–H and O–H groups in total. The van der Waals surface area contributed by atoms with Crippen molar-refractivity contribution in [2.45, 2.75) is 25.8 Å². The van der Waals surface area contributed by atoms with Crippen LogP contribution in [0.2, 0.25) is 19.6 Å². The second-order valence-electron chi connectivity index (χ2n) is 8.68. The number of benzene rings is 2. The van der Waals surface area contributed by atoms with Crippen LogP contribution in [0.1, 0.15) is 15.9 Å². The fraction of sp³-hybridized carbons (Fsp3) is 0.480. The van der Waals surface area contributed by atoms with Crippen LogP contribution in [0.15, 0.2) is 48.5 Å². The average molecular weight is 530 g/mol. The van der Waals surface area contributed by atoms with Crippen molar-refractivity contribution in [1.29, 1.82) is 0 Å². The Morgan fingerprint density at radius 3 is 2.00 bits per heavy atom. The van der Waals surface area contributed by atoms with Crippen LogP contribution in [0.4, 0.5) is 24.5 Å². The first-order valence-electron chi connectivity index (χ1n) is 11.6. The zero-order valence-electron chi connectivity index (χ0n) is 20.9. The van der Waals surface area contributed by atoms with Gasteiger partial charge in [0.15, 0.2) is 8.32 Å². The van der Waals surface area contributed by atoms with Crippen LogP contribution in [-0.4, -0.2) is 67.1 Å². The molecule has 0 bridgehead atoms. The number of esters is 1. The Morgan fingerprint density at radius 2 is 1.39 bits per heavy atom. The molecule has 0 amide bonds. The van der Waals surface area contributed by atoms with Gasteiger partial charge in [0.1, 0.15) is 6.61 Å². The molecule has 0 saturated carbocycles. The molecule has 0 aliphatic rings. The molecular formula is C25H34F3NO6Si. The molecule has 0 aliphatic carbocycles. The predicted octanol–water partition coefficient (Wildman–Crippen LogP) is 5.51. The molecule has 0 heterocycles. The van der Waals surface area contributed by atoms with Crippen molar-refractivity contribution in [2.75, 3.05) is 58.2 Å². The summed E-state index contributed by atoms with van der Waals surface area (Å²) in [4.78, 5) is 12.5. The van der Waals surface area contributed by atoms with E-state index in [9.17, 15) is 18.0 Å². The molecule has 0 fully saturated rings. The van der Waals surface area contributed by atoms with Crippen molar-refractivity contribution in [3.63, 3.8) is 0 Å². The van der Waals surface area contributed by atoms with Gasteiger partial charge in [0, 0.05) is 5.69 Å². The molecule has 0 spiro atoms. The van der Waals surface area contributed by atoms with E-state index in [4.69, 9.17) is 23.4 Å². The number of hydrogen-bond donors (Lipinski definition) is 1. The fourth-order valence-electron chi connectivity index (χ4n) is 2.92. The number of halogens is 3. The van der Waals surface area contributed by atoms with E-state index in [2.05, 4.69) is 25.0 Å². The van der Waals surface area contributed by atoms with Crippen LogP contribution in [0.3, 0.4) is 0 Å². The van der Waals surface area contributed by atoms with Gasteiger partial charge in [-0.25, -0.2) is 4.79 Å². The van der Waals surface area contributed by atoms with Crippen LogP contribution in [0, 0.1) is 0 Å². The molecule has 36 heavy (non-hydrogen) atoms. The smallest absolute Gasteiger partial charge is 0.416 e. The molecule has 0 unspecified atom stereocenters. The van der Waals surface area contributed by atoms with Crippen molar-refractivity contribution in [3.8, 4) is 0 Å². The Kier molecular flexibility index (Phi) is 12.4. The lowest BCUT2D eigenvalue weighted by atomic mass is 10.1. The van der Waals surface area contributed by atoms with Gasteiger partial charge in [-0.1, -0.05) is 18.2 Å². The monoisotopic (exact) mass is 529 g/mol. The first-order valence-corrected chi connectivity index (χ1v) is 15.0. The number of ether oxygens (including phenoxy) is 4. The Balaban J connectivity index is 1.63. The van der Waals surface area contributed by atoms with Crippen molar-refractivity contribution in [3.05, 3.63) is 59.7 Å². The lowest BCUT2D eigenvalue weighted by molar-refractivity contribution is -0.137. The van der Waals surface area contributed by atoms with E-state index >= 15 is 0 Å². The van der Waals surface area contributed by atoms with Crippen LogP contribution < -0.4 is 5.32 Å². The maximum atomic E-state index is 13.0. The standard InChI is InChI=1S/C25H34F3NO6Si/c1-36(2,3)35-18-16-33-14-12-31-11-13-32-15-17-34-24(30)22-9-4-5-10-23(22)29-21-8-6-7-20(19-21)25(26,27)28/h4-10,19,29H,11-18H2,1-3H3. The quantitative estimate of drug-likeness (QED) is 0.175. The Bertz CT molecular complexity index is 936. The summed E-state index contributed by atoms with van der Waals surface area (Å²) in [7, 11) is -1.50. The number of carbonyl (C=O) groups excluding carboxylic acids is 1. The highest BCUT2D eigenvalue weighted by Gasteiger charge is 2.30. The highest BCUT2D eigenvalue weighted by atomic mass is 28.4. The zero-order chi connectivity index (χ0) is 26.4. The van der Waals surface area contributed by atoms with Gasteiger partial charge in [-0.2, -0.15) is 13.2 Å². The third-order valence-corrected chi connectivity index (χ3v) is 5.65. The third-order valence-electron chi connectivity index (χ3n) is 4.58. The lowest BCUT2D eigenvalue weighted by Gasteiger charge is -2.16. The molecule has 2 aromatic rings. The van der Waals surface area contributed by atoms with Gasteiger partial charge in [0.25, 0.3) is 0 Å². The molecule has 7 nitrogen and oxygen atoms in total. The number of anilines is 2. The van der Waals surface area contributed by atoms with Crippen molar-refractivity contribution >= 4 is 25.7 Å². The van der Waals surface area contributed by atoms with E-state index in [1.54, 1.807) is 18.2 Å². The summed E-state index contributed by atoms with van der Waals surface area (Å²) in [6, 6.07) is 11.2. The maximum Gasteiger partial charge on any atom is 0.416 e. The summed E-state index contributed by atoms with van der Waals surface area (Å²) in [5.74, 6) is -0.611. The van der Waals surface area contributed by atoms with Crippen molar-refractivity contribution < 1.29 is 41.3 Å². The van der Waals surface area contributed by atoms with E-state index in [-0.39, 0.29) is 24.5 Å². The third kappa shape index (κ3) is 12.0. The summed E-state index contributed by atoms with van der Waals surface area (Å²) in [6.07, 6.45) is -4.46. The lowest BCUT2D eigenvalue weighted by Crippen LogP contribution is -2.27. The van der Waals surface area contributed by atoms with Gasteiger partial charge in [-0.3, -0.25) is 0 Å². The minimum absolute atomic E-state index is 0.0247. The van der Waals surface area contributed by atoms with Crippen molar-refractivity contribution in [2.24, 2.45) is 0 Å². The van der Waals surface area contributed by atoms with Gasteiger partial charge in [-0.15, -0.1) is 0 Å². The van der Waals surface area contributed by atoms with Crippen molar-refractivity contribution in [1.82, 2.24) is 0 Å². The molecule has 200 valence electrons. The SMILES string of the molecule is C[Si](C)(C)OCCOCCOCCOCCOC(=O)c1ccccc1Nc1cccc(C(F)(F)F)c1. The number of rotatable bonds is 16. The molecule has 0 aromatic heterocycles. The molecule has 0 radical (unpaired) electrons. The van der Waals surface area contributed by atoms with E-state index in [1.807, 2.05) is 0 Å². The first kappa shape index (κ1) is 29.8. The topological polar surface area (TPSA) is 75.2 Å². The van der Waals surface area contributed by atoms with Crippen LogP contribution in [0.25, 0.3) is 0 Å². The first-order chi connectivity index (χ1) is 17.1. The number of carbonyl (C=O) groups is 1. The summed E-state index contributed by atoms with van der Waals surface area (Å²) in [5, 5.41) is 2.85. The molecular weight excluding hydrogens is 495 g/mol. The molecule has 0 aliphatic heterocycles. The van der Waals surface area contributed by atoms with Gasteiger partial charge in [0.2, 0.25) is 0 Å². The van der Waals surface area contributed by atoms with E-state index < -0.39 is 26.0 Å². The highest BCUT2D eigenvalue weighted by molar-refractivity contribution is 6.69. The van der Waals surface area contributed by atoms with E-state index in [1.165, 1.54) is 18.2 Å². The Morgan fingerprint density at radius 1 is 0.806 bits per heavy atom. The number of hydrogen-bond acceptors (Lipinski definition) is 7. The second kappa shape index (κ2) is 15.0. The Labute approximate surface area is 211 Å². The summed E-state index contributed by atoms with van der Waals surface area (Å²) < 4.78 is 66.0. The average Bonchev–Trinajstić information content (AvgIpc) is 2.81. The normalized spacial score (nSPS) is 11.9. The van der Waals surface area contributed by atoms with E-state index in [0.29, 0.717) is 45.3 Å². The molecule has 2 rings (SSSR count). The maximum absolute atomic E-state index is 13.0. The van der Waals surface area contributed by atoms with Crippen LogP contribution >= 0.6 is 0 Å². The minimum Gasteiger partial charge on any atom is -0.460 e. The summed E-state index contributed by atoms with van der Waals surface area (Å²) >= 11 is 0. The fourth-order valence-corrected chi connectivity index (χ4v) is 3.61. The number of para-hydroxylation sites is 1. The predicted molar refractivity (Wildman–Crippen MR) is 133 cm³/mol. The van der Waals surface area contributed by atoms with Crippen LogP contribution in [-0.2, 0) is 29.5 Å². The van der Waals surface area contributed by atoms with Gasteiger partial charge in [-0.05, 0) is 50.0 Å². The Hall–Kier alpha value is -2.44. The van der Waals surface area contributed by atoms with Gasteiger partial charge in [0.05, 0.1) is 63.1 Å². The largest absolute Gasteiger partial charge is 0.460 e. The van der Waals surface area contributed by atoms with E-state index in [0.717, 1.165) is 12.1 Å². The molecule has 0 saturated heterocycles. The minimum atomic E-state index is -4.46. The molecule has 2 aromatic carbocycles.